The van der Waals surface area contributed by atoms with Crippen LogP contribution in [-0.4, -0.2) is 66.0 Å². The van der Waals surface area contributed by atoms with Gasteiger partial charge >= 0.3 is 18.3 Å². The first-order valence-corrected chi connectivity index (χ1v) is 10.1. The predicted octanol–water partition coefficient (Wildman–Crippen LogP) is 0.886. The fourth-order valence-electron chi connectivity index (χ4n) is 3.28. The number of hydrogen-bond acceptors (Lipinski definition) is 5. The molecule has 1 fully saturated rings. The molecule has 1 saturated heterocycles. The first-order valence-electron chi connectivity index (χ1n) is 10.1. The molecule has 0 bridgehead atoms. The Morgan fingerprint density at radius 3 is 2.15 bits per heavy atom. The average Bonchev–Trinajstić information content (AvgIpc) is 3.10. The molecule has 14 heteroatoms. The predicted molar refractivity (Wildman–Crippen MR) is 104 cm³/mol. The first-order chi connectivity index (χ1) is 15.5. The van der Waals surface area contributed by atoms with Gasteiger partial charge in [0, 0.05) is 6.20 Å². The van der Waals surface area contributed by atoms with Gasteiger partial charge in [0.15, 0.2) is 5.69 Å². The molecule has 0 aromatic carbocycles. The SMILES string of the molecule is CC(C)(C)[C@@H](NC(=O)c1nc([NH+]2CCOCC2)n2ccccc12)C(F)(F)F.O=C([O-])C(F)(F)F. The summed E-state index contributed by atoms with van der Waals surface area (Å²) >= 11 is 0. The Morgan fingerprint density at radius 1 is 1.12 bits per heavy atom. The van der Waals surface area contributed by atoms with Crippen LogP contribution >= 0.6 is 0 Å². The molecular weight excluding hydrogens is 474 g/mol. The number of hydrogen-bond donors (Lipinski definition) is 2. The van der Waals surface area contributed by atoms with Crippen LogP contribution in [0.5, 0.6) is 0 Å². The van der Waals surface area contributed by atoms with E-state index < -0.39 is 35.7 Å². The number of carbonyl (C=O) groups excluding carboxylic acids is 2. The van der Waals surface area contributed by atoms with Crippen LogP contribution in [0.15, 0.2) is 24.4 Å². The number of fused-ring (bicyclic) bond motifs is 1. The monoisotopic (exact) mass is 498 g/mol. The van der Waals surface area contributed by atoms with Crippen LogP contribution in [0.2, 0.25) is 0 Å². The molecule has 34 heavy (non-hydrogen) atoms. The van der Waals surface area contributed by atoms with E-state index >= 15 is 0 Å². The quantitative estimate of drug-likeness (QED) is 0.613. The Kier molecular flexibility index (Phi) is 8.19. The van der Waals surface area contributed by atoms with Gasteiger partial charge in [-0.2, -0.15) is 31.3 Å². The highest BCUT2D eigenvalue weighted by Crippen LogP contribution is 2.33. The van der Waals surface area contributed by atoms with Crippen molar-refractivity contribution in [2.45, 2.75) is 39.2 Å². The van der Waals surface area contributed by atoms with Crippen LogP contribution in [0.4, 0.5) is 32.3 Å². The Balaban J connectivity index is 0.000000509. The molecule has 2 aromatic heterocycles. The van der Waals surface area contributed by atoms with E-state index in [0.29, 0.717) is 37.8 Å². The minimum absolute atomic E-state index is 0.00286. The number of halogens is 6. The molecule has 3 heterocycles. The molecule has 2 N–H and O–H groups in total. The summed E-state index contributed by atoms with van der Waals surface area (Å²) in [5.74, 6) is -3.22. The van der Waals surface area contributed by atoms with E-state index in [4.69, 9.17) is 14.6 Å². The van der Waals surface area contributed by atoms with Gasteiger partial charge in [-0.3, -0.25) is 14.1 Å². The molecule has 1 aliphatic heterocycles. The Labute approximate surface area is 190 Å². The summed E-state index contributed by atoms with van der Waals surface area (Å²) in [6.07, 6.45) is -7.98. The first kappa shape index (κ1) is 27.4. The average molecular weight is 498 g/mol. The fourth-order valence-corrected chi connectivity index (χ4v) is 3.28. The van der Waals surface area contributed by atoms with Crippen LogP contribution < -0.4 is 15.3 Å². The van der Waals surface area contributed by atoms with Crippen LogP contribution in [0.1, 0.15) is 31.3 Å². The molecule has 1 atom stereocenters. The summed E-state index contributed by atoms with van der Waals surface area (Å²) in [6.45, 7) is 6.84. The van der Waals surface area contributed by atoms with Crippen molar-refractivity contribution in [2.75, 3.05) is 26.3 Å². The zero-order valence-corrected chi connectivity index (χ0v) is 18.5. The molecular formula is C20H24F6N4O4. The van der Waals surface area contributed by atoms with Gasteiger partial charge in [0.2, 0.25) is 0 Å². The van der Waals surface area contributed by atoms with Crippen molar-refractivity contribution < 1.29 is 50.7 Å². The largest absolute Gasteiger partial charge is 0.542 e. The topological polar surface area (TPSA) is 100 Å². The second-order valence-corrected chi connectivity index (χ2v) is 8.56. The lowest BCUT2D eigenvalue weighted by molar-refractivity contribution is -0.847. The van der Waals surface area contributed by atoms with Crippen molar-refractivity contribution in [1.82, 2.24) is 14.7 Å². The summed E-state index contributed by atoms with van der Waals surface area (Å²) in [6, 6.07) is 3.24. The van der Waals surface area contributed by atoms with E-state index in [-0.39, 0.29) is 5.69 Å². The number of alkyl halides is 6. The maximum absolute atomic E-state index is 13.4. The highest BCUT2D eigenvalue weighted by molar-refractivity contribution is 5.99. The number of ether oxygens (including phenoxy) is 1. The number of pyridine rings is 1. The van der Waals surface area contributed by atoms with Crippen molar-refractivity contribution in [2.24, 2.45) is 5.41 Å². The highest BCUT2D eigenvalue weighted by Gasteiger charge is 2.48. The van der Waals surface area contributed by atoms with Crippen molar-refractivity contribution in [1.29, 1.82) is 0 Å². The molecule has 1 amide bonds. The van der Waals surface area contributed by atoms with Crippen LogP contribution in [0.25, 0.3) is 5.52 Å². The van der Waals surface area contributed by atoms with Crippen LogP contribution in [0, 0.1) is 5.41 Å². The summed E-state index contributed by atoms with van der Waals surface area (Å²) in [5.41, 5.74) is -0.691. The van der Waals surface area contributed by atoms with Crippen molar-refractivity contribution in [3.05, 3.63) is 30.1 Å². The summed E-state index contributed by atoms with van der Waals surface area (Å²) in [4.78, 5) is 27.0. The lowest BCUT2D eigenvalue weighted by Gasteiger charge is -2.32. The van der Waals surface area contributed by atoms with Gasteiger partial charge in [-0.25, -0.2) is 0 Å². The third-order valence-electron chi connectivity index (χ3n) is 4.88. The van der Waals surface area contributed by atoms with E-state index in [2.05, 4.69) is 10.3 Å². The van der Waals surface area contributed by atoms with E-state index in [1.54, 1.807) is 28.8 Å². The fraction of sp³-hybridized carbons (Fsp3) is 0.550. The maximum atomic E-state index is 13.4. The zero-order chi connectivity index (χ0) is 25.9. The number of aliphatic carboxylic acids is 1. The number of quaternary nitrogens is 1. The summed E-state index contributed by atoms with van der Waals surface area (Å²) < 4.78 is 79.0. The van der Waals surface area contributed by atoms with Crippen LogP contribution in [0.3, 0.4) is 0 Å². The van der Waals surface area contributed by atoms with Crippen LogP contribution in [-0.2, 0) is 9.53 Å². The lowest BCUT2D eigenvalue weighted by atomic mass is 9.86. The smallest absolute Gasteiger partial charge is 0.430 e. The number of nitrogens with one attached hydrogen (secondary N) is 2. The second kappa shape index (κ2) is 10.2. The number of aromatic nitrogens is 2. The van der Waals surface area contributed by atoms with E-state index in [1.807, 2.05) is 0 Å². The molecule has 0 unspecified atom stereocenters. The number of rotatable bonds is 3. The van der Waals surface area contributed by atoms with Gasteiger partial charge in [-0.05, 0) is 17.5 Å². The van der Waals surface area contributed by atoms with E-state index in [9.17, 15) is 31.1 Å². The lowest BCUT2D eigenvalue weighted by Crippen LogP contribution is -3.10. The molecule has 0 aliphatic carbocycles. The Hall–Kier alpha value is -2.87. The molecule has 8 nitrogen and oxygen atoms in total. The molecule has 3 rings (SSSR count). The van der Waals surface area contributed by atoms with Crippen molar-refractivity contribution in [3.63, 3.8) is 0 Å². The van der Waals surface area contributed by atoms with Gasteiger partial charge in [-0.1, -0.05) is 26.8 Å². The molecule has 0 spiro atoms. The third kappa shape index (κ3) is 6.82. The second-order valence-electron chi connectivity index (χ2n) is 8.56. The number of nitrogens with zero attached hydrogens (tertiary/aromatic N) is 2. The maximum Gasteiger partial charge on any atom is 0.430 e. The minimum atomic E-state index is -5.19. The number of carbonyl (C=O) groups is 2. The Bertz CT molecular complexity index is 993. The van der Waals surface area contributed by atoms with Gasteiger partial charge in [0.1, 0.15) is 25.1 Å². The molecule has 0 radical (unpaired) electrons. The third-order valence-corrected chi connectivity index (χ3v) is 4.88. The minimum Gasteiger partial charge on any atom is -0.542 e. The molecule has 1 aliphatic rings. The van der Waals surface area contributed by atoms with Crippen molar-refractivity contribution in [3.8, 4) is 0 Å². The number of carboxylic acid groups (broad SMARTS) is 1. The van der Waals surface area contributed by atoms with E-state index in [0.717, 1.165) is 4.90 Å². The molecule has 0 saturated carbocycles. The normalized spacial score (nSPS) is 16.5. The number of imidazole rings is 1. The zero-order valence-electron chi connectivity index (χ0n) is 18.5. The molecule has 190 valence electrons. The van der Waals surface area contributed by atoms with Gasteiger partial charge in [0.05, 0.1) is 18.7 Å². The standard InChI is InChI=1S/C18H23F3N4O2.C2HF3O2/c1-17(2,3)15(18(19,20)21)23-14(26)13-12-6-4-5-7-25(12)16(22-13)24-8-10-27-11-9-24;3-2(4,5)1(6)7/h4-7,15H,8-11H2,1-3H3,(H,23,26);(H,6,7)/t15-;/m1./s1. The van der Waals surface area contributed by atoms with Gasteiger partial charge in [0.25, 0.3) is 5.91 Å². The summed E-state index contributed by atoms with van der Waals surface area (Å²) in [7, 11) is 0. The Morgan fingerprint density at radius 2 is 1.68 bits per heavy atom. The summed E-state index contributed by atoms with van der Waals surface area (Å²) in [5, 5.41) is 10.9. The highest BCUT2D eigenvalue weighted by atomic mass is 19.4. The molecule has 2 aromatic rings. The van der Waals surface area contributed by atoms with Gasteiger partial charge in [-0.15, -0.1) is 0 Å². The van der Waals surface area contributed by atoms with Crippen molar-refractivity contribution >= 4 is 23.3 Å². The van der Waals surface area contributed by atoms with E-state index in [1.165, 1.54) is 20.8 Å². The number of carboxylic acids is 1. The van der Waals surface area contributed by atoms with Gasteiger partial charge < -0.3 is 20.0 Å². The number of amides is 1. The number of morpholine rings is 1.